The van der Waals surface area contributed by atoms with Crippen molar-refractivity contribution in [1.29, 1.82) is 0 Å². The third-order valence-corrected chi connectivity index (χ3v) is 6.50. The zero-order valence-electron chi connectivity index (χ0n) is 18.6. The number of aryl methyl sites for hydroxylation is 1. The molecule has 0 unspecified atom stereocenters. The van der Waals surface area contributed by atoms with Crippen molar-refractivity contribution in [2.75, 3.05) is 33.4 Å². The van der Waals surface area contributed by atoms with Crippen LogP contribution in [0.3, 0.4) is 0 Å². The predicted octanol–water partition coefficient (Wildman–Crippen LogP) is 3.10. The molecule has 0 bridgehead atoms. The summed E-state index contributed by atoms with van der Waals surface area (Å²) in [5, 5.41) is 1.18. The summed E-state index contributed by atoms with van der Waals surface area (Å²) in [6.45, 7) is 3.26. The smallest absolute Gasteiger partial charge is 0.238 e. The van der Waals surface area contributed by atoms with Gasteiger partial charge in [0.15, 0.2) is 0 Å². The molecule has 1 aromatic carbocycles. The minimum Gasteiger partial charge on any atom is -0.383 e. The second-order valence-corrected chi connectivity index (χ2v) is 9.18. The lowest BCUT2D eigenvalue weighted by Gasteiger charge is -2.26. The normalized spacial score (nSPS) is 12.0. The lowest BCUT2D eigenvalue weighted by atomic mass is 10.2. The molecule has 0 spiro atoms. The molecule has 2 rings (SSSR count). The highest BCUT2D eigenvalue weighted by Gasteiger charge is 2.25. The third-order valence-electron chi connectivity index (χ3n) is 4.99. The first-order chi connectivity index (χ1) is 14.9. The molecule has 0 radical (unpaired) electrons. The summed E-state index contributed by atoms with van der Waals surface area (Å²) in [4.78, 5) is 14.8. The van der Waals surface area contributed by atoms with Gasteiger partial charge >= 0.3 is 0 Å². The predicted molar refractivity (Wildman–Crippen MR) is 124 cm³/mol. The molecule has 0 aliphatic heterocycles. The molecule has 0 N–H and O–H groups in total. The molecule has 170 valence electrons. The van der Waals surface area contributed by atoms with Crippen LogP contribution in [0.5, 0.6) is 0 Å². The van der Waals surface area contributed by atoms with E-state index in [-0.39, 0.29) is 12.5 Å². The molecule has 0 fully saturated rings. The maximum Gasteiger partial charge on any atom is 0.238 e. The van der Waals surface area contributed by atoms with E-state index >= 15 is 0 Å². The number of carbonyl (C=O) groups is 1. The van der Waals surface area contributed by atoms with Gasteiger partial charge in [0.25, 0.3) is 0 Å². The van der Waals surface area contributed by atoms with Crippen molar-refractivity contribution in [3.05, 3.63) is 65.3 Å². The summed E-state index contributed by atoms with van der Waals surface area (Å²) >= 11 is 0. The Balaban J connectivity index is 2.18. The van der Waals surface area contributed by atoms with E-state index in [1.807, 2.05) is 67.2 Å². The van der Waals surface area contributed by atoms with E-state index in [0.29, 0.717) is 32.7 Å². The summed E-state index contributed by atoms with van der Waals surface area (Å²) in [6, 6.07) is 13.1. The minimum atomic E-state index is -3.74. The summed E-state index contributed by atoms with van der Waals surface area (Å²) in [5.74, 6) is -0.244. The third kappa shape index (κ3) is 7.97. The number of sulfonamides is 1. The Morgan fingerprint density at radius 2 is 1.87 bits per heavy atom. The monoisotopic (exact) mass is 447 g/mol. The van der Waals surface area contributed by atoms with E-state index in [4.69, 9.17) is 4.74 Å². The summed E-state index contributed by atoms with van der Waals surface area (Å²) < 4.78 is 34.4. The molecule has 0 aliphatic rings. The lowest BCUT2D eigenvalue weighted by Crippen LogP contribution is -2.43. The van der Waals surface area contributed by atoms with Gasteiger partial charge in [0.2, 0.25) is 15.9 Å². The lowest BCUT2D eigenvalue weighted by molar-refractivity contribution is -0.132. The number of ether oxygens (including phenoxy) is 1. The van der Waals surface area contributed by atoms with Gasteiger partial charge in [-0.05, 0) is 30.2 Å². The summed E-state index contributed by atoms with van der Waals surface area (Å²) in [6.07, 6.45) is 4.99. The molecule has 0 saturated carbocycles. The Labute approximate surface area is 186 Å². The van der Waals surface area contributed by atoms with Crippen molar-refractivity contribution in [1.82, 2.24) is 13.8 Å². The quantitative estimate of drug-likeness (QED) is 0.473. The van der Waals surface area contributed by atoms with Crippen molar-refractivity contribution in [3.63, 3.8) is 0 Å². The molecule has 1 amide bonds. The Morgan fingerprint density at radius 3 is 2.48 bits per heavy atom. The Bertz CT molecular complexity index is 939. The number of hydrogen-bond acceptors (Lipinski definition) is 4. The van der Waals surface area contributed by atoms with E-state index in [9.17, 15) is 13.2 Å². The fourth-order valence-electron chi connectivity index (χ4n) is 3.05. The van der Waals surface area contributed by atoms with Crippen LogP contribution in [0.25, 0.3) is 6.08 Å². The first-order valence-corrected chi connectivity index (χ1v) is 12.0. The van der Waals surface area contributed by atoms with Crippen LogP contribution in [-0.2, 0) is 33.1 Å². The van der Waals surface area contributed by atoms with Gasteiger partial charge in [0.1, 0.15) is 0 Å². The van der Waals surface area contributed by atoms with Crippen molar-refractivity contribution in [3.8, 4) is 0 Å². The number of nitrogens with zero attached hydrogens (tertiary/aromatic N) is 3. The highest BCUT2D eigenvalue weighted by molar-refractivity contribution is 7.92. The standard InChI is InChI=1S/C23H33N3O4S/c1-4-5-15-26(31(28,29)18-13-21-10-7-6-8-11-21)20-23(27)25(16-17-30-3)19-22-12-9-14-24(22)2/h6-14,18H,4-5,15-17,19-20H2,1-3H3. The SMILES string of the molecule is CCCCN(CC(=O)N(CCOC)Cc1cccn1C)S(=O)(=O)C=Cc1ccccc1. The number of rotatable bonds is 13. The van der Waals surface area contributed by atoms with E-state index in [1.165, 1.54) is 9.71 Å². The average molecular weight is 448 g/mol. The van der Waals surface area contributed by atoms with Crippen molar-refractivity contribution in [2.45, 2.75) is 26.3 Å². The minimum absolute atomic E-state index is 0.199. The van der Waals surface area contributed by atoms with E-state index < -0.39 is 10.0 Å². The molecule has 7 nitrogen and oxygen atoms in total. The Kier molecular flexibility index (Phi) is 9.97. The molecule has 31 heavy (non-hydrogen) atoms. The van der Waals surface area contributed by atoms with E-state index in [2.05, 4.69) is 0 Å². The van der Waals surface area contributed by atoms with Crippen LogP contribution >= 0.6 is 0 Å². The average Bonchev–Trinajstić information content (AvgIpc) is 3.17. The van der Waals surface area contributed by atoms with Crippen LogP contribution in [0.2, 0.25) is 0 Å². The second kappa shape index (κ2) is 12.4. The Morgan fingerprint density at radius 1 is 1.13 bits per heavy atom. The summed E-state index contributed by atoms with van der Waals surface area (Å²) in [7, 11) is -0.245. The number of amides is 1. The van der Waals surface area contributed by atoms with E-state index in [0.717, 1.165) is 17.7 Å². The fourth-order valence-corrected chi connectivity index (χ4v) is 4.22. The van der Waals surface area contributed by atoms with Crippen LogP contribution in [0, 0.1) is 0 Å². The van der Waals surface area contributed by atoms with Gasteiger partial charge in [-0.3, -0.25) is 4.79 Å². The zero-order chi connectivity index (χ0) is 22.7. The van der Waals surface area contributed by atoms with Crippen LogP contribution in [0.15, 0.2) is 54.1 Å². The maximum absolute atomic E-state index is 13.1. The first-order valence-electron chi connectivity index (χ1n) is 10.5. The molecule has 0 saturated heterocycles. The van der Waals surface area contributed by atoms with Crippen LogP contribution in [0.4, 0.5) is 0 Å². The number of unbranched alkanes of at least 4 members (excludes halogenated alkanes) is 1. The Hall–Kier alpha value is -2.42. The van der Waals surface area contributed by atoms with Gasteiger partial charge in [-0.2, -0.15) is 4.31 Å². The molecule has 2 aromatic rings. The number of aromatic nitrogens is 1. The maximum atomic E-state index is 13.1. The van der Waals surface area contributed by atoms with Gasteiger partial charge in [0, 0.05) is 44.5 Å². The van der Waals surface area contributed by atoms with E-state index in [1.54, 1.807) is 18.1 Å². The molecule has 8 heteroatoms. The van der Waals surface area contributed by atoms with Gasteiger partial charge in [-0.15, -0.1) is 0 Å². The number of carbonyl (C=O) groups excluding carboxylic acids is 1. The highest BCUT2D eigenvalue weighted by Crippen LogP contribution is 2.12. The first kappa shape index (κ1) is 24.8. The molecule has 0 aliphatic carbocycles. The van der Waals surface area contributed by atoms with Crippen LogP contribution < -0.4 is 0 Å². The van der Waals surface area contributed by atoms with Gasteiger partial charge < -0.3 is 14.2 Å². The number of benzene rings is 1. The highest BCUT2D eigenvalue weighted by atomic mass is 32.2. The molecule has 0 atom stereocenters. The number of methoxy groups -OCH3 is 1. The van der Waals surface area contributed by atoms with Gasteiger partial charge in [-0.1, -0.05) is 43.7 Å². The zero-order valence-corrected chi connectivity index (χ0v) is 19.4. The van der Waals surface area contributed by atoms with Crippen LogP contribution in [0.1, 0.15) is 31.0 Å². The van der Waals surface area contributed by atoms with Crippen LogP contribution in [-0.4, -0.2) is 61.4 Å². The molecular formula is C23H33N3O4S. The van der Waals surface area contributed by atoms with Crippen molar-refractivity contribution < 1.29 is 17.9 Å². The largest absolute Gasteiger partial charge is 0.383 e. The molecule has 1 heterocycles. The fraction of sp³-hybridized carbons (Fsp3) is 0.435. The second-order valence-electron chi connectivity index (χ2n) is 7.36. The topological polar surface area (TPSA) is 71.8 Å². The molecule has 1 aromatic heterocycles. The molecular weight excluding hydrogens is 414 g/mol. The summed E-state index contributed by atoms with van der Waals surface area (Å²) in [5.41, 5.74) is 1.76. The number of hydrogen-bond donors (Lipinski definition) is 0. The van der Waals surface area contributed by atoms with Gasteiger partial charge in [0.05, 0.1) is 19.7 Å². The van der Waals surface area contributed by atoms with Crippen molar-refractivity contribution in [2.24, 2.45) is 7.05 Å². The van der Waals surface area contributed by atoms with Gasteiger partial charge in [-0.25, -0.2) is 8.42 Å². The van der Waals surface area contributed by atoms with Crippen molar-refractivity contribution >= 4 is 22.0 Å².